The lowest BCUT2D eigenvalue weighted by Gasteiger charge is -2.25. The first kappa shape index (κ1) is 17.9. The standard InChI is InChI=1S/C16H28O3/c1-6-19-16(18)15(9-7-8-12(2)3)14(10-11-17)13(4)5/h14-15,17H,2,4,6-11H2,1,3,5H3. The third-order valence-electron chi connectivity index (χ3n) is 3.27. The van der Waals surface area contributed by atoms with E-state index in [0.29, 0.717) is 13.0 Å². The van der Waals surface area contributed by atoms with Crippen LogP contribution >= 0.6 is 0 Å². The van der Waals surface area contributed by atoms with Crippen molar-refractivity contribution in [2.75, 3.05) is 13.2 Å². The van der Waals surface area contributed by atoms with E-state index in [1.54, 1.807) is 0 Å². The van der Waals surface area contributed by atoms with E-state index >= 15 is 0 Å². The summed E-state index contributed by atoms with van der Waals surface area (Å²) in [5, 5.41) is 9.15. The van der Waals surface area contributed by atoms with E-state index in [1.807, 2.05) is 20.8 Å². The van der Waals surface area contributed by atoms with Crippen molar-refractivity contribution < 1.29 is 14.6 Å². The Morgan fingerprint density at radius 3 is 2.26 bits per heavy atom. The van der Waals surface area contributed by atoms with Crippen molar-refractivity contribution >= 4 is 5.97 Å². The summed E-state index contributed by atoms with van der Waals surface area (Å²) in [5.74, 6) is -0.385. The molecule has 3 nitrogen and oxygen atoms in total. The fourth-order valence-electron chi connectivity index (χ4n) is 2.29. The average molecular weight is 268 g/mol. The van der Waals surface area contributed by atoms with Crippen LogP contribution in [0.5, 0.6) is 0 Å². The van der Waals surface area contributed by atoms with Gasteiger partial charge in [-0.25, -0.2) is 0 Å². The van der Waals surface area contributed by atoms with Gasteiger partial charge in [0.15, 0.2) is 0 Å². The van der Waals surface area contributed by atoms with E-state index in [4.69, 9.17) is 9.84 Å². The van der Waals surface area contributed by atoms with Crippen molar-refractivity contribution in [2.24, 2.45) is 11.8 Å². The number of aliphatic hydroxyl groups excluding tert-OH is 1. The SMILES string of the molecule is C=C(C)CCCC(C(=O)OCC)C(CCO)C(=C)C. The van der Waals surface area contributed by atoms with Gasteiger partial charge in [0.25, 0.3) is 0 Å². The molecule has 3 heteroatoms. The van der Waals surface area contributed by atoms with E-state index in [0.717, 1.165) is 30.4 Å². The molecule has 0 aromatic heterocycles. The zero-order valence-electron chi connectivity index (χ0n) is 12.6. The van der Waals surface area contributed by atoms with Gasteiger partial charge in [-0.2, -0.15) is 0 Å². The summed E-state index contributed by atoms with van der Waals surface area (Å²) in [7, 11) is 0. The highest BCUT2D eigenvalue weighted by molar-refractivity contribution is 5.73. The first-order chi connectivity index (χ1) is 8.93. The Labute approximate surface area is 117 Å². The van der Waals surface area contributed by atoms with E-state index in [1.165, 1.54) is 0 Å². The molecule has 1 N–H and O–H groups in total. The average Bonchev–Trinajstić information content (AvgIpc) is 2.32. The summed E-state index contributed by atoms with van der Waals surface area (Å²) < 4.78 is 5.15. The monoisotopic (exact) mass is 268 g/mol. The molecule has 0 saturated carbocycles. The van der Waals surface area contributed by atoms with Crippen LogP contribution < -0.4 is 0 Å². The van der Waals surface area contributed by atoms with Gasteiger partial charge in [0.2, 0.25) is 0 Å². The number of aliphatic hydroxyl groups is 1. The molecule has 0 spiro atoms. The Hall–Kier alpha value is -1.09. The molecule has 110 valence electrons. The lowest BCUT2D eigenvalue weighted by Crippen LogP contribution is -2.27. The Morgan fingerprint density at radius 2 is 1.84 bits per heavy atom. The molecular weight excluding hydrogens is 240 g/mol. The maximum Gasteiger partial charge on any atom is 0.309 e. The van der Waals surface area contributed by atoms with Crippen molar-refractivity contribution in [1.29, 1.82) is 0 Å². The zero-order chi connectivity index (χ0) is 14.8. The molecule has 0 bridgehead atoms. The molecule has 0 amide bonds. The van der Waals surface area contributed by atoms with Crippen LogP contribution in [0.4, 0.5) is 0 Å². The highest BCUT2D eigenvalue weighted by Gasteiger charge is 2.29. The van der Waals surface area contributed by atoms with Crippen LogP contribution in [-0.4, -0.2) is 24.3 Å². The van der Waals surface area contributed by atoms with Gasteiger partial charge < -0.3 is 9.84 Å². The van der Waals surface area contributed by atoms with Gasteiger partial charge >= 0.3 is 5.97 Å². The maximum atomic E-state index is 12.1. The highest BCUT2D eigenvalue weighted by atomic mass is 16.5. The number of carbonyl (C=O) groups excluding carboxylic acids is 1. The number of allylic oxidation sites excluding steroid dienone is 2. The van der Waals surface area contributed by atoms with Crippen LogP contribution in [0.25, 0.3) is 0 Å². The first-order valence-electron chi connectivity index (χ1n) is 7.01. The molecule has 0 heterocycles. The molecule has 0 aliphatic rings. The van der Waals surface area contributed by atoms with Crippen LogP contribution in [-0.2, 0) is 9.53 Å². The predicted octanol–water partition coefficient (Wildman–Crippen LogP) is 3.49. The van der Waals surface area contributed by atoms with Crippen LogP contribution in [0.1, 0.15) is 46.5 Å². The van der Waals surface area contributed by atoms with E-state index in [-0.39, 0.29) is 24.4 Å². The first-order valence-corrected chi connectivity index (χ1v) is 7.01. The van der Waals surface area contributed by atoms with Crippen molar-refractivity contribution in [3.05, 3.63) is 24.3 Å². The largest absolute Gasteiger partial charge is 0.466 e. The second-order valence-electron chi connectivity index (χ2n) is 5.17. The number of hydrogen-bond donors (Lipinski definition) is 1. The van der Waals surface area contributed by atoms with Crippen molar-refractivity contribution in [3.63, 3.8) is 0 Å². The number of carbonyl (C=O) groups is 1. The fourth-order valence-corrected chi connectivity index (χ4v) is 2.29. The lowest BCUT2D eigenvalue weighted by molar-refractivity contribution is -0.150. The molecule has 0 aliphatic heterocycles. The summed E-state index contributed by atoms with van der Waals surface area (Å²) in [5.41, 5.74) is 2.05. The number of rotatable bonds is 10. The molecular formula is C16H28O3. The zero-order valence-corrected chi connectivity index (χ0v) is 12.6. The highest BCUT2D eigenvalue weighted by Crippen LogP contribution is 2.29. The molecule has 0 aromatic carbocycles. The predicted molar refractivity (Wildman–Crippen MR) is 78.8 cm³/mol. The van der Waals surface area contributed by atoms with Gasteiger partial charge in [-0.3, -0.25) is 4.79 Å². The Balaban J connectivity index is 4.75. The summed E-state index contributed by atoms with van der Waals surface area (Å²) >= 11 is 0. The van der Waals surface area contributed by atoms with Gasteiger partial charge in [-0.15, -0.1) is 6.58 Å². The number of ether oxygens (including phenoxy) is 1. The number of hydrogen-bond acceptors (Lipinski definition) is 3. The summed E-state index contributed by atoms with van der Waals surface area (Å²) in [4.78, 5) is 12.1. The van der Waals surface area contributed by atoms with Gasteiger partial charge in [0, 0.05) is 6.61 Å². The van der Waals surface area contributed by atoms with Gasteiger partial charge in [-0.05, 0) is 52.4 Å². The van der Waals surface area contributed by atoms with E-state index < -0.39 is 0 Å². The second kappa shape index (κ2) is 9.79. The van der Waals surface area contributed by atoms with E-state index in [9.17, 15) is 4.79 Å². The maximum absolute atomic E-state index is 12.1. The van der Waals surface area contributed by atoms with Crippen molar-refractivity contribution in [1.82, 2.24) is 0 Å². The minimum absolute atomic E-state index is 0.00540. The third kappa shape index (κ3) is 7.16. The van der Waals surface area contributed by atoms with Crippen molar-refractivity contribution in [3.8, 4) is 0 Å². The molecule has 19 heavy (non-hydrogen) atoms. The molecule has 2 atom stereocenters. The minimum atomic E-state index is -0.205. The van der Waals surface area contributed by atoms with Gasteiger partial charge in [0.1, 0.15) is 0 Å². The summed E-state index contributed by atoms with van der Waals surface area (Å²) in [6, 6.07) is 0. The molecule has 0 rings (SSSR count). The Bertz CT molecular complexity index is 307. The van der Waals surface area contributed by atoms with Crippen LogP contribution in [0.2, 0.25) is 0 Å². The molecule has 0 radical (unpaired) electrons. The summed E-state index contributed by atoms with van der Waals surface area (Å²) in [6.45, 7) is 14.0. The second-order valence-corrected chi connectivity index (χ2v) is 5.17. The molecule has 2 unspecified atom stereocenters. The normalized spacial score (nSPS) is 13.7. The molecule has 0 aliphatic carbocycles. The minimum Gasteiger partial charge on any atom is -0.466 e. The summed E-state index contributed by atoms with van der Waals surface area (Å²) in [6.07, 6.45) is 3.14. The van der Waals surface area contributed by atoms with Gasteiger partial charge in [-0.1, -0.05) is 17.7 Å². The topological polar surface area (TPSA) is 46.5 Å². The van der Waals surface area contributed by atoms with Crippen LogP contribution in [0.3, 0.4) is 0 Å². The third-order valence-corrected chi connectivity index (χ3v) is 3.27. The van der Waals surface area contributed by atoms with Gasteiger partial charge in [0.05, 0.1) is 12.5 Å². The number of esters is 1. The Morgan fingerprint density at radius 1 is 1.21 bits per heavy atom. The van der Waals surface area contributed by atoms with Crippen molar-refractivity contribution in [2.45, 2.75) is 46.5 Å². The quantitative estimate of drug-likeness (QED) is 0.487. The molecule has 0 fully saturated rings. The molecule has 0 aromatic rings. The molecule has 0 saturated heterocycles. The fraction of sp³-hybridized carbons (Fsp3) is 0.688. The lowest BCUT2D eigenvalue weighted by atomic mass is 9.81. The van der Waals surface area contributed by atoms with Crippen LogP contribution in [0, 0.1) is 11.8 Å². The van der Waals surface area contributed by atoms with E-state index in [2.05, 4.69) is 13.2 Å². The smallest absolute Gasteiger partial charge is 0.309 e. The van der Waals surface area contributed by atoms with Crippen LogP contribution in [0.15, 0.2) is 24.3 Å². The Kier molecular flexibility index (Phi) is 9.23.